The van der Waals surface area contributed by atoms with E-state index in [9.17, 15) is 13.2 Å². The van der Waals surface area contributed by atoms with Crippen molar-refractivity contribution in [3.05, 3.63) is 77.7 Å². The van der Waals surface area contributed by atoms with E-state index in [-0.39, 0.29) is 29.7 Å². The van der Waals surface area contributed by atoms with Gasteiger partial charge in [-0.3, -0.25) is 9.10 Å². The molecule has 2 aromatic carbocycles. The molecule has 168 valence electrons. The van der Waals surface area contributed by atoms with E-state index in [1.54, 1.807) is 16.6 Å². The molecule has 0 aliphatic carbocycles. The molecule has 4 aromatic rings. The lowest BCUT2D eigenvalue weighted by atomic mass is 10.1. The third kappa shape index (κ3) is 4.15. The van der Waals surface area contributed by atoms with Gasteiger partial charge in [0.2, 0.25) is 0 Å². The minimum Gasteiger partial charge on any atom is -0.362 e. The summed E-state index contributed by atoms with van der Waals surface area (Å²) in [6.07, 6.45) is 3.31. The summed E-state index contributed by atoms with van der Waals surface area (Å²) >= 11 is 6.35. The highest BCUT2D eigenvalue weighted by Crippen LogP contribution is 2.29. The fraction of sp³-hybridized carbons (Fsp3) is 0.136. The van der Waals surface area contributed by atoms with Crippen LogP contribution in [0.1, 0.15) is 10.4 Å². The molecule has 0 radical (unpaired) electrons. The van der Waals surface area contributed by atoms with Gasteiger partial charge in [-0.05, 0) is 42.5 Å². The molecule has 11 heteroatoms. The van der Waals surface area contributed by atoms with Crippen molar-refractivity contribution in [2.45, 2.75) is 0 Å². The topological polar surface area (TPSA) is 106 Å². The van der Waals surface area contributed by atoms with Crippen LogP contribution in [0.25, 0.3) is 16.8 Å². The van der Waals surface area contributed by atoms with Gasteiger partial charge in [-0.15, -0.1) is 0 Å². The first kappa shape index (κ1) is 21.4. The quantitative estimate of drug-likeness (QED) is 0.476. The third-order valence-corrected chi connectivity index (χ3v) is 7.06. The van der Waals surface area contributed by atoms with Crippen molar-refractivity contribution in [1.82, 2.24) is 14.6 Å². The minimum absolute atomic E-state index is 0.147. The average Bonchev–Trinajstić information content (AvgIpc) is 3.28. The van der Waals surface area contributed by atoms with Crippen LogP contribution in [0.2, 0.25) is 5.02 Å². The molecule has 1 fully saturated rings. The Balaban J connectivity index is 1.39. The lowest BCUT2D eigenvalue weighted by Gasteiger charge is -2.28. The number of hydrogen-bond donors (Lipinski definition) is 1. The molecule has 0 atom stereocenters. The molecule has 1 aliphatic heterocycles. The van der Waals surface area contributed by atoms with Gasteiger partial charge in [0.15, 0.2) is 5.94 Å². The Kier molecular flexibility index (Phi) is 5.49. The Morgan fingerprint density at radius 3 is 2.82 bits per heavy atom. The number of rotatable bonds is 4. The van der Waals surface area contributed by atoms with Gasteiger partial charge in [0.25, 0.3) is 15.9 Å². The predicted molar refractivity (Wildman–Crippen MR) is 125 cm³/mol. The highest BCUT2D eigenvalue weighted by Gasteiger charge is 2.27. The van der Waals surface area contributed by atoms with E-state index in [0.717, 1.165) is 16.8 Å². The summed E-state index contributed by atoms with van der Waals surface area (Å²) in [7, 11) is -3.58. The van der Waals surface area contributed by atoms with E-state index < -0.39 is 15.9 Å². The van der Waals surface area contributed by atoms with E-state index in [4.69, 9.17) is 16.3 Å². The van der Waals surface area contributed by atoms with E-state index >= 15 is 0 Å². The van der Waals surface area contributed by atoms with Crippen LogP contribution in [0.4, 0.5) is 11.4 Å². The van der Waals surface area contributed by atoms with Gasteiger partial charge in [-0.1, -0.05) is 23.7 Å². The number of amides is 1. The van der Waals surface area contributed by atoms with Crippen LogP contribution < -0.4 is 9.62 Å². The largest absolute Gasteiger partial charge is 0.362 e. The normalized spacial score (nSPS) is 15.5. The monoisotopic (exact) mass is 483 g/mol. The summed E-state index contributed by atoms with van der Waals surface area (Å²) in [5, 5.41) is 7.16. The SMILES string of the molecule is O=C(Nc1cccc(-c2ncnn3cccc23)c1)c1ccc(N2CCOCS2(=O)=O)cc1Cl. The lowest BCUT2D eigenvalue weighted by molar-refractivity contribution is 0.102. The first-order valence-electron chi connectivity index (χ1n) is 10.0. The van der Waals surface area contributed by atoms with Crippen molar-refractivity contribution in [2.24, 2.45) is 0 Å². The molecule has 3 heterocycles. The van der Waals surface area contributed by atoms with Crippen LogP contribution in [0.3, 0.4) is 0 Å². The number of fused-ring (bicyclic) bond motifs is 1. The number of nitrogens with zero attached hydrogens (tertiary/aromatic N) is 4. The number of carbonyl (C=O) groups is 1. The lowest BCUT2D eigenvalue weighted by Crippen LogP contribution is -2.41. The van der Waals surface area contributed by atoms with E-state index in [1.807, 2.05) is 36.5 Å². The molecule has 0 bridgehead atoms. The van der Waals surface area contributed by atoms with Gasteiger partial charge in [-0.2, -0.15) is 5.10 Å². The highest BCUT2D eigenvalue weighted by molar-refractivity contribution is 7.92. The Hall–Kier alpha value is -3.47. The zero-order valence-corrected chi connectivity index (χ0v) is 18.8. The van der Waals surface area contributed by atoms with Crippen molar-refractivity contribution in [1.29, 1.82) is 0 Å². The first-order valence-corrected chi connectivity index (χ1v) is 12.0. The van der Waals surface area contributed by atoms with Crippen molar-refractivity contribution in [2.75, 3.05) is 28.7 Å². The molecular formula is C22H18ClN5O4S. The molecular weight excluding hydrogens is 466 g/mol. The maximum Gasteiger partial charge on any atom is 0.259 e. The van der Waals surface area contributed by atoms with Gasteiger partial charge in [0.1, 0.15) is 6.33 Å². The summed E-state index contributed by atoms with van der Waals surface area (Å²) in [5.74, 6) is -0.797. The summed E-state index contributed by atoms with van der Waals surface area (Å²) in [5.41, 5.74) is 3.58. The van der Waals surface area contributed by atoms with Crippen molar-refractivity contribution >= 4 is 44.4 Å². The fourth-order valence-corrected chi connectivity index (χ4v) is 5.18. The smallest absolute Gasteiger partial charge is 0.259 e. The second-order valence-electron chi connectivity index (χ2n) is 7.36. The van der Waals surface area contributed by atoms with Crippen molar-refractivity contribution in [3.8, 4) is 11.3 Å². The zero-order chi connectivity index (χ0) is 23.0. The Bertz CT molecular complexity index is 1470. The van der Waals surface area contributed by atoms with Gasteiger partial charge >= 0.3 is 0 Å². The van der Waals surface area contributed by atoms with Crippen molar-refractivity contribution < 1.29 is 17.9 Å². The number of hydrogen-bond acceptors (Lipinski definition) is 6. The summed E-state index contributed by atoms with van der Waals surface area (Å²) in [4.78, 5) is 17.3. The standard InChI is InChI=1S/C22H18ClN5O4S/c23-19-12-17(28-9-10-32-14-33(28,30)31)6-7-18(19)22(29)26-16-4-1-3-15(11-16)21-20-5-2-8-27(20)25-13-24-21/h1-8,11-13H,9-10,14H2,(H,26,29). The van der Waals surface area contributed by atoms with Crippen LogP contribution in [0.15, 0.2) is 67.1 Å². The minimum atomic E-state index is -3.58. The number of benzene rings is 2. The number of ether oxygens (including phenoxy) is 1. The summed E-state index contributed by atoms with van der Waals surface area (Å²) in [6, 6.07) is 15.6. The average molecular weight is 484 g/mol. The van der Waals surface area contributed by atoms with Crippen LogP contribution in [-0.2, 0) is 14.8 Å². The van der Waals surface area contributed by atoms with Crippen LogP contribution >= 0.6 is 11.6 Å². The molecule has 1 aliphatic rings. The highest BCUT2D eigenvalue weighted by atomic mass is 35.5. The molecule has 1 N–H and O–H groups in total. The Morgan fingerprint density at radius 2 is 2.00 bits per heavy atom. The maximum absolute atomic E-state index is 12.9. The van der Waals surface area contributed by atoms with Gasteiger partial charge < -0.3 is 10.1 Å². The predicted octanol–water partition coefficient (Wildman–Crippen LogP) is 3.43. The molecule has 9 nitrogen and oxygen atoms in total. The molecule has 5 rings (SSSR count). The third-order valence-electron chi connectivity index (χ3n) is 5.22. The first-order chi connectivity index (χ1) is 15.9. The Labute approximate surface area is 194 Å². The number of halogens is 1. The van der Waals surface area contributed by atoms with E-state index in [0.29, 0.717) is 11.4 Å². The molecule has 2 aromatic heterocycles. The van der Waals surface area contributed by atoms with Crippen molar-refractivity contribution in [3.63, 3.8) is 0 Å². The van der Waals surface area contributed by atoms with E-state index in [1.165, 1.54) is 22.8 Å². The van der Waals surface area contributed by atoms with Gasteiger partial charge in [0, 0.05) is 17.4 Å². The number of anilines is 2. The second-order valence-corrected chi connectivity index (χ2v) is 9.60. The van der Waals surface area contributed by atoms with E-state index in [2.05, 4.69) is 15.4 Å². The summed E-state index contributed by atoms with van der Waals surface area (Å²) < 4.78 is 32.4. The van der Waals surface area contributed by atoms with Crippen LogP contribution in [0, 0.1) is 0 Å². The molecule has 1 saturated heterocycles. The second kappa shape index (κ2) is 8.47. The Morgan fingerprint density at radius 1 is 1.12 bits per heavy atom. The van der Waals surface area contributed by atoms with Gasteiger partial charge in [-0.25, -0.2) is 17.9 Å². The molecule has 1 amide bonds. The zero-order valence-electron chi connectivity index (χ0n) is 17.2. The molecule has 33 heavy (non-hydrogen) atoms. The number of sulfonamides is 1. The fourth-order valence-electron chi connectivity index (χ4n) is 3.68. The van der Waals surface area contributed by atoms with Crippen LogP contribution in [-0.4, -0.2) is 48.0 Å². The maximum atomic E-state index is 12.9. The molecule has 0 spiro atoms. The van der Waals surface area contributed by atoms with Crippen LogP contribution in [0.5, 0.6) is 0 Å². The number of carbonyl (C=O) groups excluding carboxylic acids is 1. The molecule has 0 unspecified atom stereocenters. The number of nitrogens with one attached hydrogen (secondary N) is 1. The number of aromatic nitrogens is 3. The summed E-state index contributed by atoms with van der Waals surface area (Å²) in [6.45, 7) is 0.478. The van der Waals surface area contributed by atoms with Gasteiger partial charge in [0.05, 0.1) is 40.6 Å². The molecule has 0 saturated carbocycles.